The molecule has 0 aliphatic heterocycles. The summed E-state index contributed by atoms with van der Waals surface area (Å²) in [6.07, 6.45) is 7.04. The Kier molecular flexibility index (Phi) is 10.7. The van der Waals surface area contributed by atoms with Gasteiger partial charge in [0.25, 0.3) is 5.69 Å². The molecule has 28 heavy (non-hydrogen) atoms. The molecule has 6 nitrogen and oxygen atoms in total. The molecule has 0 saturated carbocycles. The third-order valence-corrected chi connectivity index (χ3v) is 4.64. The number of ketones is 2. The number of non-ortho nitro benzene ring substituents is 1. The van der Waals surface area contributed by atoms with Gasteiger partial charge in [0.15, 0.2) is 11.6 Å². The standard InChI is InChI=1S/C22H30N2O4/c1-4-6-7-8-15-23-16-9-10-20(21(25)5-2)22(26)17(3)18-11-13-19(14-12-18)24(27)28/h5,11-14,20,23H,2-4,6-10,15-16H2,1H3. The second kappa shape index (κ2) is 12.7. The van der Waals surface area contributed by atoms with E-state index in [1.54, 1.807) is 0 Å². The number of carbonyl (C=O) groups is 2. The first kappa shape index (κ1) is 23.4. The van der Waals surface area contributed by atoms with Crippen molar-refractivity contribution in [3.05, 3.63) is 59.2 Å². The molecule has 152 valence electrons. The number of nitrogens with one attached hydrogen (secondary N) is 1. The van der Waals surface area contributed by atoms with Gasteiger partial charge in [-0.3, -0.25) is 19.7 Å². The maximum atomic E-state index is 12.8. The molecule has 6 heteroatoms. The quantitative estimate of drug-likeness (QED) is 0.158. The summed E-state index contributed by atoms with van der Waals surface area (Å²) in [6, 6.07) is 5.60. The van der Waals surface area contributed by atoms with E-state index < -0.39 is 10.8 Å². The molecule has 0 spiro atoms. The zero-order chi connectivity index (χ0) is 20.9. The highest BCUT2D eigenvalue weighted by molar-refractivity contribution is 6.27. The summed E-state index contributed by atoms with van der Waals surface area (Å²) >= 11 is 0. The van der Waals surface area contributed by atoms with Gasteiger partial charge in [0.05, 0.1) is 10.8 Å². The van der Waals surface area contributed by atoms with E-state index in [-0.39, 0.29) is 22.8 Å². The lowest BCUT2D eigenvalue weighted by Crippen LogP contribution is -2.25. The van der Waals surface area contributed by atoms with Crippen LogP contribution in [0.5, 0.6) is 0 Å². The number of nitro groups is 1. The molecule has 0 saturated heterocycles. The molecule has 0 aromatic heterocycles. The second-order valence-electron chi connectivity index (χ2n) is 6.76. The fourth-order valence-corrected chi connectivity index (χ4v) is 2.91. The number of nitro benzene ring substituents is 1. The zero-order valence-electron chi connectivity index (χ0n) is 16.6. The Morgan fingerprint density at radius 3 is 2.36 bits per heavy atom. The molecular formula is C22H30N2O4. The van der Waals surface area contributed by atoms with Crippen molar-refractivity contribution in [1.82, 2.24) is 5.32 Å². The highest BCUT2D eigenvalue weighted by Crippen LogP contribution is 2.23. The molecule has 0 bridgehead atoms. The van der Waals surface area contributed by atoms with Gasteiger partial charge in [-0.2, -0.15) is 0 Å². The van der Waals surface area contributed by atoms with Crippen LogP contribution in [0.15, 0.2) is 43.5 Å². The minimum Gasteiger partial charge on any atom is -0.317 e. The van der Waals surface area contributed by atoms with E-state index in [4.69, 9.17) is 0 Å². The Hall–Kier alpha value is -2.60. The largest absolute Gasteiger partial charge is 0.317 e. The fraction of sp³-hybridized carbons (Fsp3) is 0.455. The van der Waals surface area contributed by atoms with E-state index in [1.807, 2.05) is 0 Å². The van der Waals surface area contributed by atoms with Crippen LogP contribution < -0.4 is 5.32 Å². The van der Waals surface area contributed by atoms with Crippen molar-refractivity contribution in [3.8, 4) is 0 Å². The van der Waals surface area contributed by atoms with Gasteiger partial charge in [-0.25, -0.2) is 0 Å². The van der Waals surface area contributed by atoms with Gasteiger partial charge >= 0.3 is 0 Å². The van der Waals surface area contributed by atoms with Crippen LogP contribution in [0.25, 0.3) is 5.57 Å². The number of carbonyl (C=O) groups excluding carboxylic acids is 2. The molecule has 0 radical (unpaired) electrons. The molecule has 0 fully saturated rings. The maximum absolute atomic E-state index is 12.8. The van der Waals surface area contributed by atoms with Crippen LogP contribution in [0.3, 0.4) is 0 Å². The van der Waals surface area contributed by atoms with Crippen molar-refractivity contribution in [2.75, 3.05) is 13.1 Å². The number of hydrogen-bond donors (Lipinski definition) is 1. The molecule has 1 atom stereocenters. The third kappa shape index (κ3) is 7.56. The zero-order valence-corrected chi connectivity index (χ0v) is 16.6. The van der Waals surface area contributed by atoms with Crippen molar-refractivity contribution in [2.45, 2.75) is 45.4 Å². The van der Waals surface area contributed by atoms with E-state index in [9.17, 15) is 19.7 Å². The lowest BCUT2D eigenvalue weighted by atomic mass is 9.87. The van der Waals surface area contributed by atoms with Gasteiger partial charge < -0.3 is 5.32 Å². The molecule has 1 aromatic rings. The average molecular weight is 386 g/mol. The predicted molar refractivity (Wildman–Crippen MR) is 112 cm³/mol. The van der Waals surface area contributed by atoms with Gasteiger partial charge in [-0.15, -0.1) is 0 Å². The van der Waals surface area contributed by atoms with Crippen molar-refractivity contribution >= 4 is 22.8 Å². The number of unbranched alkanes of at least 4 members (excludes halogenated alkanes) is 3. The molecular weight excluding hydrogens is 356 g/mol. The van der Waals surface area contributed by atoms with Crippen LogP contribution >= 0.6 is 0 Å². The number of Topliss-reactive ketones (excluding diaryl/α,β-unsaturated/α-hetero) is 1. The summed E-state index contributed by atoms with van der Waals surface area (Å²) in [5.74, 6) is -1.50. The van der Waals surface area contributed by atoms with E-state index in [0.717, 1.165) is 19.5 Å². The normalized spacial score (nSPS) is 11.6. The van der Waals surface area contributed by atoms with Gasteiger partial charge in [-0.05, 0) is 56.1 Å². The molecule has 1 rings (SSSR count). The van der Waals surface area contributed by atoms with Crippen molar-refractivity contribution in [2.24, 2.45) is 5.92 Å². The first-order chi connectivity index (χ1) is 13.4. The Morgan fingerprint density at radius 1 is 1.14 bits per heavy atom. The molecule has 1 aromatic carbocycles. The summed E-state index contributed by atoms with van der Waals surface area (Å²) < 4.78 is 0. The van der Waals surface area contributed by atoms with Crippen LogP contribution in [0, 0.1) is 16.0 Å². The van der Waals surface area contributed by atoms with Gasteiger partial charge in [-0.1, -0.05) is 39.3 Å². The second-order valence-corrected chi connectivity index (χ2v) is 6.76. The first-order valence-corrected chi connectivity index (χ1v) is 9.77. The van der Waals surface area contributed by atoms with Gasteiger partial charge in [0.2, 0.25) is 0 Å². The summed E-state index contributed by atoms with van der Waals surface area (Å²) in [7, 11) is 0. The topological polar surface area (TPSA) is 89.3 Å². The Labute approximate surface area is 166 Å². The molecule has 1 N–H and O–H groups in total. The summed E-state index contributed by atoms with van der Waals surface area (Å²) in [5.41, 5.74) is 0.599. The van der Waals surface area contributed by atoms with Crippen LogP contribution in [0.1, 0.15) is 51.0 Å². The van der Waals surface area contributed by atoms with Gasteiger partial charge in [0, 0.05) is 17.7 Å². The molecule has 0 amide bonds. The monoisotopic (exact) mass is 386 g/mol. The highest BCUT2D eigenvalue weighted by Gasteiger charge is 2.26. The van der Waals surface area contributed by atoms with E-state index in [0.29, 0.717) is 18.4 Å². The van der Waals surface area contributed by atoms with E-state index >= 15 is 0 Å². The molecule has 1 unspecified atom stereocenters. The summed E-state index contributed by atoms with van der Waals surface area (Å²) in [5, 5.41) is 14.1. The molecule has 0 aliphatic carbocycles. The Balaban J connectivity index is 2.61. The smallest absolute Gasteiger partial charge is 0.269 e. The molecule has 0 heterocycles. The average Bonchev–Trinajstić information content (AvgIpc) is 2.71. The minimum atomic E-state index is -0.818. The lowest BCUT2D eigenvalue weighted by Gasteiger charge is -2.15. The van der Waals surface area contributed by atoms with E-state index in [2.05, 4.69) is 25.4 Å². The Bertz CT molecular complexity index is 695. The fourth-order valence-electron chi connectivity index (χ4n) is 2.91. The summed E-state index contributed by atoms with van der Waals surface area (Å²) in [4.78, 5) is 35.2. The number of allylic oxidation sites excluding steroid dienone is 2. The maximum Gasteiger partial charge on any atom is 0.269 e. The number of rotatable bonds is 15. The SMILES string of the molecule is C=CC(=O)C(CCCNCCCCCC)C(=O)C(=C)c1ccc([N+](=O)[O-])cc1. The number of benzene rings is 1. The van der Waals surface area contributed by atoms with Crippen molar-refractivity contribution in [1.29, 1.82) is 0 Å². The van der Waals surface area contributed by atoms with Crippen LogP contribution in [-0.4, -0.2) is 29.6 Å². The summed E-state index contributed by atoms with van der Waals surface area (Å²) in [6.45, 7) is 11.1. The van der Waals surface area contributed by atoms with Crippen LogP contribution in [0.4, 0.5) is 5.69 Å². The number of nitrogens with zero attached hydrogens (tertiary/aromatic N) is 1. The van der Waals surface area contributed by atoms with Gasteiger partial charge in [0.1, 0.15) is 0 Å². The lowest BCUT2D eigenvalue weighted by molar-refractivity contribution is -0.384. The first-order valence-electron chi connectivity index (χ1n) is 9.77. The van der Waals surface area contributed by atoms with Crippen LogP contribution in [0.2, 0.25) is 0 Å². The van der Waals surface area contributed by atoms with Crippen LogP contribution in [-0.2, 0) is 9.59 Å². The number of hydrogen-bond acceptors (Lipinski definition) is 5. The van der Waals surface area contributed by atoms with E-state index in [1.165, 1.54) is 49.6 Å². The third-order valence-electron chi connectivity index (χ3n) is 4.64. The molecule has 0 aliphatic rings. The van der Waals surface area contributed by atoms with Crippen molar-refractivity contribution in [3.63, 3.8) is 0 Å². The Morgan fingerprint density at radius 2 is 1.79 bits per heavy atom. The van der Waals surface area contributed by atoms with Crippen molar-refractivity contribution < 1.29 is 14.5 Å². The minimum absolute atomic E-state index is 0.0623. The predicted octanol–water partition coefficient (Wildman–Crippen LogP) is 4.50. The highest BCUT2D eigenvalue weighted by atomic mass is 16.6.